The van der Waals surface area contributed by atoms with E-state index >= 15 is 0 Å². The van der Waals surface area contributed by atoms with Crippen LogP contribution in [0.1, 0.15) is 0 Å². The van der Waals surface area contributed by atoms with Crippen LogP contribution in [0.2, 0.25) is 10.0 Å². The first-order chi connectivity index (χ1) is 35.0. The van der Waals surface area contributed by atoms with Crippen LogP contribution in [0.3, 0.4) is 0 Å². The zero-order valence-corrected chi connectivity index (χ0v) is 42.9. The molecule has 0 aliphatic heterocycles. The third kappa shape index (κ3) is 8.38. The Hall–Kier alpha value is -7.08. The fourth-order valence-electron chi connectivity index (χ4n) is 10.2. The van der Waals surface area contributed by atoms with Gasteiger partial charge in [0.25, 0.3) is 0 Å². The van der Waals surface area contributed by atoms with Gasteiger partial charge in [0, 0.05) is 57.3 Å². The molecule has 71 heavy (non-hydrogen) atoms. The minimum absolute atomic E-state index is 0.745. The van der Waals surface area contributed by atoms with Crippen molar-refractivity contribution in [1.29, 1.82) is 0 Å². The van der Waals surface area contributed by atoms with Gasteiger partial charge in [-0.3, -0.25) is 0 Å². The fourth-order valence-corrected chi connectivity index (χ4v) is 13.9. The molecule has 0 nitrogen and oxygen atoms in total. The Morgan fingerprint density at radius 2 is 0.549 bits per heavy atom. The Morgan fingerprint density at radius 1 is 0.254 bits per heavy atom. The molecule has 2 aromatic heterocycles. The molecule has 338 valence electrons. The highest BCUT2D eigenvalue weighted by Gasteiger charge is 2.26. The van der Waals surface area contributed by atoms with Crippen LogP contribution in [0.25, 0.3) is 119 Å². The van der Waals surface area contributed by atoms with Gasteiger partial charge >= 0.3 is 0 Å². The van der Waals surface area contributed by atoms with Crippen molar-refractivity contribution in [2.24, 2.45) is 0 Å². The van der Waals surface area contributed by atoms with Gasteiger partial charge in [0.05, 0.1) is 3.79 Å². The minimum atomic E-state index is 0.745. The van der Waals surface area contributed by atoms with E-state index in [9.17, 15) is 0 Å². The summed E-state index contributed by atoms with van der Waals surface area (Å²) in [5, 5.41) is 9.12. The maximum absolute atomic E-state index is 6.33. The summed E-state index contributed by atoms with van der Waals surface area (Å²) in [5.74, 6) is 0. The van der Waals surface area contributed by atoms with Crippen LogP contribution in [0.5, 0.6) is 0 Å². The summed E-state index contributed by atoms with van der Waals surface area (Å²) >= 11 is 20.2. The standard InChI is InChI=1S/C36H23ClS.C30H18BrClS/c37-28-22-20-26(21-23-28)31-29-18-10-11-19-30(29)34-33(25-14-6-2-7-15-25)35(27-16-8-3-9-17-27)38-36(34)32(31)24-12-4-1-5-13-24;31-30-27(20-11-5-2-6-12-20)28-24-14-8-7-13-23(24)25(21-15-17-22(32)18-16-21)26(29(28)33-30)19-9-3-1-4-10-19/h1-23H;1-18H. The van der Waals surface area contributed by atoms with E-state index in [2.05, 4.69) is 240 Å². The van der Waals surface area contributed by atoms with E-state index in [0.717, 1.165) is 13.8 Å². The maximum atomic E-state index is 6.33. The lowest BCUT2D eigenvalue weighted by Gasteiger charge is -2.17. The van der Waals surface area contributed by atoms with Crippen molar-refractivity contribution < 1.29 is 0 Å². The molecular formula is C66H41BrCl2S2. The van der Waals surface area contributed by atoms with Crippen molar-refractivity contribution in [3.8, 4) is 77.2 Å². The van der Waals surface area contributed by atoms with Crippen molar-refractivity contribution in [2.75, 3.05) is 0 Å². The molecule has 0 amide bonds. The van der Waals surface area contributed by atoms with Gasteiger partial charge in [-0.15, -0.1) is 22.7 Å². The van der Waals surface area contributed by atoms with Gasteiger partial charge in [-0.25, -0.2) is 0 Å². The highest BCUT2D eigenvalue weighted by molar-refractivity contribution is 9.11. The van der Waals surface area contributed by atoms with E-state index in [1.165, 1.54) is 119 Å². The Bertz CT molecular complexity index is 4020. The summed E-state index contributed by atoms with van der Waals surface area (Å²) in [7, 11) is 0. The molecule has 13 rings (SSSR count). The SMILES string of the molecule is Clc1ccc(-c2c(-c3ccccc3)c3sc(-c4ccccc4)c(-c4ccccc4)c3c3ccccc23)cc1.Clc1ccc(-c2c(-c3ccccc3)c3sc(Br)c(-c4ccccc4)c3c3ccccc23)cc1. The molecule has 0 radical (unpaired) electrons. The zero-order chi connectivity index (χ0) is 47.8. The second-order valence-corrected chi connectivity index (χ2v) is 21.6. The average molecular weight is 1050 g/mol. The average Bonchev–Trinajstić information content (AvgIpc) is 4.01. The summed E-state index contributed by atoms with van der Waals surface area (Å²) in [5.41, 5.74) is 16.0. The van der Waals surface area contributed by atoms with Crippen LogP contribution >= 0.6 is 61.8 Å². The van der Waals surface area contributed by atoms with Crippen LogP contribution in [-0.4, -0.2) is 0 Å². The van der Waals surface area contributed by atoms with Crippen LogP contribution in [0, 0.1) is 0 Å². The number of hydrogen-bond acceptors (Lipinski definition) is 2. The predicted molar refractivity (Wildman–Crippen MR) is 314 cm³/mol. The first-order valence-electron chi connectivity index (χ1n) is 23.5. The maximum Gasteiger partial charge on any atom is 0.0789 e. The topological polar surface area (TPSA) is 0 Å². The quantitative estimate of drug-likeness (QED) is 0.149. The molecule has 0 aliphatic rings. The Labute approximate surface area is 439 Å². The molecular weight excluding hydrogens is 1010 g/mol. The summed E-state index contributed by atoms with van der Waals surface area (Å²) < 4.78 is 3.74. The highest BCUT2D eigenvalue weighted by Crippen LogP contribution is 2.55. The van der Waals surface area contributed by atoms with Crippen molar-refractivity contribution in [3.63, 3.8) is 0 Å². The fraction of sp³-hybridized carbons (Fsp3) is 0. The van der Waals surface area contributed by atoms with E-state index in [1.807, 2.05) is 46.9 Å². The second-order valence-electron chi connectivity index (χ2n) is 17.4. The molecule has 13 aromatic rings. The number of thiophene rings is 2. The van der Waals surface area contributed by atoms with E-state index in [0.29, 0.717) is 0 Å². The normalized spacial score (nSPS) is 11.3. The van der Waals surface area contributed by atoms with E-state index < -0.39 is 0 Å². The van der Waals surface area contributed by atoms with Gasteiger partial charge in [-0.1, -0.05) is 248 Å². The number of hydrogen-bond donors (Lipinski definition) is 0. The number of fused-ring (bicyclic) bond motifs is 6. The van der Waals surface area contributed by atoms with Crippen molar-refractivity contribution >= 4 is 104 Å². The Morgan fingerprint density at radius 3 is 0.958 bits per heavy atom. The van der Waals surface area contributed by atoms with E-state index in [-0.39, 0.29) is 0 Å². The van der Waals surface area contributed by atoms with Crippen LogP contribution in [0.15, 0.2) is 253 Å². The molecule has 0 unspecified atom stereocenters. The first kappa shape index (κ1) is 45.1. The molecule has 0 spiro atoms. The minimum Gasteiger partial charge on any atom is -0.134 e. The molecule has 0 atom stereocenters. The van der Waals surface area contributed by atoms with Crippen LogP contribution < -0.4 is 0 Å². The summed E-state index contributed by atoms with van der Waals surface area (Å²) in [4.78, 5) is 1.29. The van der Waals surface area contributed by atoms with E-state index in [4.69, 9.17) is 23.2 Å². The predicted octanol–water partition coefficient (Wildman–Crippen LogP) is 21.8. The van der Waals surface area contributed by atoms with Gasteiger partial charge in [-0.05, 0) is 112 Å². The third-order valence-electron chi connectivity index (χ3n) is 13.2. The third-order valence-corrected chi connectivity index (χ3v) is 16.8. The lowest BCUT2D eigenvalue weighted by molar-refractivity contribution is 1.63. The molecule has 0 saturated carbocycles. The van der Waals surface area contributed by atoms with Crippen molar-refractivity contribution in [1.82, 2.24) is 0 Å². The van der Waals surface area contributed by atoms with Crippen molar-refractivity contribution in [3.05, 3.63) is 263 Å². The molecule has 0 aliphatic carbocycles. The smallest absolute Gasteiger partial charge is 0.0789 e. The molecule has 0 N–H and O–H groups in total. The van der Waals surface area contributed by atoms with E-state index in [1.54, 1.807) is 0 Å². The molecule has 0 saturated heterocycles. The molecule has 0 fully saturated rings. The molecule has 5 heteroatoms. The molecule has 11 aromatic carbocycles. The lowest BCUT2D eigenvalue weighted by atomic mass is 9.86. The molecule has 0 bridgehead atoms. The summed E-state index contributed by atoms with van der Waals surface area (Å²) in [6.45, 7) is 0. The van der Waals surface area contributed by atoms with Gasteiger partial charge in [0.15, 0.2) is 0 Å². The van der Waals surface area contributed by atoms with Gasteiger partial charge in [0.1, 0.15) is 0 Å². The largest absolute Gasteiger partial charge is 0.134 e. The van der Waals surface area contributed by atoms with Crippen molar-refractivity contribution in [2.45, 2.75) is 0 Å². The monoisotopic (exact) mass is 1050 g/mol. The lowest BCUT2D eigenvalue weighted by Crippen LogP contribution is -1.90. The Balaban J connectivity index is 0.000000147. The number of rotatable bonds is 7. The number of benzene rings is 11. The molecule has 2 heterocycles. The van der Waals surface area contributed by atoms with Gasteiger partial charge in [0.2, 0.25) is 0 Å². The first-order valence-corrected chi connectivity index (χ1v) is 26.7. The van der Waals surface area contributed by atoms with Crippen LogP contribution in [0.4, 0.5) is 0 Å². The van der Waals surface area contributed by atoms with Gasteiger partial charge < -0.3 is 0 Å². The van der Waals surface area contributed by atoms with Gasteiger partial charge in [-0.2, -0.15) is 0 Å². The number of halogens is 3. The summed E-state index contributed by atoms with van der Waals surface area (Å²) in [6, 6.07) is 87.9. The summed E-state index contributed by atoms with van der Waals surface area (Å²) in [6.07, 6.45) is 0. The second kappa shape index (κ2) is 19.6. The Kier molecular flexibility index (Phi) is 12.5. The van der Waals surface area contributed by atoms with Crippen LogP contribution in [-0.2, 0) is 0 Å². The zero-order valence-electron chi connectivity index (χ0n) is 38.1. The highest BCUT2D eigenvalue weighted by atomic mass is 79.9.